The number of thiophene rings is 1. The van der Waals surface area contributed by atoms with Gasteiger partial charge in [0.25, 0.3) is 0 Å². The van der Waals surface area contributed by atoms with Crippen LogP contribution in [0, 0.1) is 6.92 Å². The second kappa shape index (κ2) is 8.23. The molecule has 5 heteroatoms. The van der Waals surface area contributed by atoms with Crippen molar-refractivity contribution in [2.75, 3.05) is 18.4 Å². The summed E-state index contributed by atoms with van der Waals surface area (Å²) in [4.78, 5) is 18.2. The lowest BCUT2D eigenvalue weighted by Crippen LogP contribution is -2.59. The van der Waals surface area contributed by atoms with Crippen molar-refractivity contribution in [3.63, 3.8) is 0 Å². The van der Waals surface area contributed by atoms with E-state index in [1.807, 2.05) is 55.5 Å². The van der Waals surface area contributed by atoms with Crippen LogP contribution in [-0.4, -0.2) is 35.5 Å². The first-order valence-corrected chi connectivity index (χ1v) is 10.2. The molecule has 1 aromatic heterocycles. The maximum Gasteiger partial charge on any atom is 0.245 e. The van der Waals surface area contributed by atoms with Crippen LogP contribution < -0.4 is 10.6 Å². The molecule has 0 aliphatic carbocycles. The lowest BCUT2D eigenvalue weighted by atomic mass is 9.85. The van der Waals surface area contributed by atoms with Gasteiger partial charge in [0.2, 0.25) is 5.91 Å². The molecular weight excluding hydrogens is 342 g/mol. The second-order valence-corrected chi connectivity index (χ2v) is 8.86. The first kappa shape index (κ1) is 18.9. The van der Waals surface area contributed by atoms with Crippen molar-refractivity contribution >= 4 is 22.9 Å². The molecule has 4 nitrogen and oxygen atoms in total. The van der Waals surface area contributed by atoms with E-state index in [-0.39, 0.29) is 11.9 Å². The molecular formula is C21H29N3OS. The van der Waals surface area contributed by atoms with Gasteiger partial charge >= 0.3 is 0 Å². The Balaban J connectivity index is 1.70. The van der Waals surface area contributed by atoms with Crippen LogP contribution in [0.3, 0.4) is 0 Å². The zero-order valence-electron chi connectivity index (χ0n) is 15.9. The van der Waals surface area contributed by atoms with E-state index < -0.39 is 5.54 Å². The molecule has 0 spiro atoms. The van der Waals surface area contributed by atoms with Gasteiger partial charge in [0.1, 0.15) is 5.54 Å². The second-order valence-electron chi connectivity index (χ2n) is 7.49. The molecule has 2 aromatic rings. The van der Waals surface area contributed by atoms with Crippen LogP contribution in [-0.2, 0) is 11.3 Å². The molecule has 26 heavy (non-hydrogen) atoms. The van der Waals surface area contributed by atoms with E-state index in [0.717, 1.165) is 38.2 Å². The van der Waals surface area contributed by atoms with Crippen LogP contribution in [0.15, 0.2) is 42.5 Å². The summed E-state index contributed by atoms with van der Waals surface area (Å²) in [5.41, 5.74) is 0.474. The molecule has 0 unspecified atom stereocenters. The summed E-state index contributed by atoms with van der Waals surface area (Å²) in [6.45, 7) is 9.00. The summed E-state index contributed by atoms with van der Waals surface area (Å²) in [5, 5.41) is 6.68. The van der Waals surface area contributed by atoms with E-state index in [1.165, 1.54) is 9.75 Å². The number of benzene rings is 1. The fourth-order valence-corrected chi connectivity index (χ4v) is 4.42. The van der Waals surface area contributed by atoms with Gasteiger partial charge in [-0.15, -0.1) is 11.3 Å². The minimum absolute atomic E-state index is 0.114. The number of aryl methyl sites for hydroxylation is 1. The van der Waals surface area contributed by atoms with Gasteiger partial charge in [-0.05, 0) is 57.9 Å². The summed E-state index contributed by atoms with van der Waals surface area (Å²) >= 11 is 1.86. The van der Waals surface area contributed by atoms with E-state index in [0.29, 0.717) is 0 Å². The van der Waals surface area contributed by atoms with E-state index in [9.17, 15) is 4.79 Å². The third-order valence-corrected chi connectivity index (χ3v) is 5.88. The number of likely N-dealkylation sites (tertiary alicyclic amines) is 1. The largest absolute Gasteiger partial charge is 0.371 e. The van der Waals surface area contributed by atoms with Gasteiger partial charge in [-0.1, -0.05) is 18.2 Å². The number of amides is 1. The van der Waals surface area contributed by atoms with E-state index in [4.69, 9.17) is 0 Å². The summed E-state index contributed by atoms with van der Waals surface area (Å²) in [7, 11) is 0. The number of para-hydroxylation sites is 1. The Morgan fingerprint density at radius 2 is 1.85 bits per heavy atom. The van der Waals surface area contributed by atoms with E-state index >= 15 is 0 Å². The molecule has 1 fully saturated rings. The van der Waals surface area contributed by atoms with Gasteiger partial charge in [-0.25, -0.2) is 0 Å². The first-order valence-electron chi connectivity index (χ1n) is 9.39. The molecule has 0 radical (unpaired) electrons. The van der Waals surface area contributed by atoms with Crippen molar-refractivity contribution in [1.82, 2.24) is 10.2 Å². The normalized spacial score (nSPS) is 17.2. The smallest absolute Gasteiger partial charge is 0.245 e. The monoisotopic (exact) mass is 371 g/mol. The first-order chi connectivity index (χ1) is 12.5. The molecule has 1 aliphatic heterocycles. The lowest BCUT2D eigenvalue weighted by molar-refractivity contribution is -0.127. The molecule has 140 valence electrons. The highest BCUT2D eigenvalue weighted by Gasteiger charge is 2.41. The predicted octanol–water partition coefficient (Wildman–Crippen LogP) is 4.03. The fourth-order valence-electron chi connectivity index (χ4n) is 3.49. The Bertz CT molecular complexity index is 718. The third kappa shape index (κ3) is 4.65. The van der Waals surface area contributed by atoms with Crippen molar-refractivity contribution < 1.29 is 4.79 Å². The molecule has 1 saturated heterocycles. The SMILES string of the molecule is Cc1ccc(CN2CCC(Nc3ccccc3)(C(=O)NC(C)C)CC2)s1. The lowest BCUT2D eigenvalue weighted by Gasteiger charge is -2.42. The highest BCUT2D eigenvalue weighted by Crippen LogP contribution is 2.29. The molecule has 0 bridgehead atoms. The maximum absolute atomic E-state index is 13.0. The Morgan fingerprint density at radius 1 is 1.15 bits per heavy atom. The van der Waals surface area contributed by atoms with Crippen LogP contribution in [0.4, 0.5) is 5.69 Å². The average molecular weight is 372 g/mol. The number of piperidine rings is 1. The predicted molar refractivity (Wildman–Crippen MR) is 110 cm³/mol. The highest BCUT2D eigenvalue weighted by molar-refractivity contribution is 7.11. The number of hydrogen-bond donors (Lipinski definition) is 2. The Morgan fingerprint density at radius 3 is 2.42 bits per heavy atom. The Labute approximate surface area is 160 Å². The quantitative estimate of drug-likeness (QED) is 0.806. The van der Waals surface area contributed by atoms with Crippen LogP contribution >= 0.6 is 11.3 Å². The van der Waals surface area contributed by atoms with Crippen LogP contribution in [0.1, 0.15) is 36.4 Å². The molecule has 3 rings (SSSR count). The summed E-state index contributed by atoms with van der Waals surface area (Å²) < 4.78 is 0. The van der Waals surface area contributed by atoms with Gasteiger partial charge in [0.05, 0.1) is 0 Å². The molecule has 2 heterocycles. The molecule has 0 atom stereocenters. The summed E-state index contributed by atoms with van der Waals surface area (Å²) in [6, 6.07) is 14.6. The average Bonchev–Trinajstić information content (AvgIpc) is 3.02. The van der Waals surface area contributed by atoms with Crippen LogP contribution in [0.5, 0.6) is 0 Å². The molecule has 1 aliphatic rings. The fraction of sp³-hybridized carbons (Fsp3) is 0.476. The van der Waals surface area contributed by atoms with Crippen LogP contribution in [0.2, 0.25) is 0 Å². The maximum atomic E-state index is 13.0. The molecule has 1 amide bonds. The number of rotatable bonds is 6. The van der Waals surface area contributed by atoms with Gasteiger partial charge in [0.15, 0.2) is 0 Å². The van der Waals surface area contributed by atoms with Crippen molar-refractivity contribution in [1.29, 1.82) is 0 Å². The van der Waals surface area contributed by atoms with E-state index in [2.05, 4.69) is 34.6 Å². The van der Waals surface area contributed by atoms with Crippen molar-refractivity contribution in [3.8, 4) is 0 Å². The molecule has 0 saturated carbocycles. The number of carbonyl (C=O) groups is 1. The minimum atomic E-state index is -0.534. The van der Waals surface area contributed by atoms with E-state index in [1.54, 1.807) is 0 Å². The summed E-state index contributed by atoms with van der Waals surface area (Å²) in [5.74, 6) is 0.114. The van der Waals surface area contributed by atoms with Crippen LogP contribution in [0.25, 0.3) is 0 Å². The number of anilines is 1. The van der Waals surface area contributed by atoms with Crippen molar-refractivity contribution in [3.05, 3.63) is 52.2 Å². The van der Waals surface area contributed by atoms with Crippen molar-refractivity contribution in [2.45, 2.75) is 51.7 Å². The zero-order chi connectivity index (χ0) is 18.6. The zero-order valence-corrected chi connectivity index (χ0v) is 16.7. The molecule has 2 N–H and O–H groups in total. The molecule has 1 aromatic carbocycles. The summed E-state index contributed by atoms with van der Waals surface area (Å²) in [6.07, 6.45) is 1.62. The number of carbonyl (C=O) groups excluding carboxylic acids is 1. The third-order valence-electron chi connectivity index (χ3n) is 4.90. The minimum Gasteiger partial charge on any atom is -0.371 e. The number of hydrogen-bond acceptors (Lipinski definition) is 4. The standard InChI is InChI=1S/C21H29N3OS/c1-16(2)22-20(25)21(23-18-7-5-4-6-8-18)11-13-24(14-12-21)15-19-10-9-17(3)26-19/h4-10,16,23H,11-15H2,1-3H3,(H,22,25). The Kier molecular flexibility index (Phi) is 5.99. The number of nitrogens with zero attached hydrogens (tertiary/aromatic N) is 1. The topological polar surface area (TPSA) is 44.4 Å². The Hall–Kier alpha value is -1.85. The number of nitrogens with one attached hydrogen (secondary N) is 2. The van der Waals surface area contributed by atoms with Gasteiger partial charge in [-0.2, -0.15) is 0 Å². The van der Waals surface area contributed by atoms with Crippen molar-refractivity contribution in [2.24, 2.45) is 0 Å². The van der Waals surface area contributed by atoms with Gasteiger partial charge in [-0.3, -0.25) is 9.69 Å². The van der Waals surface area contributed by atoms with Gasteiger partial charge in [0, 0.05) is 41.1 Å². The highest BCUT2D eigenvalue weighted by atomic mass is 32.1. The van der Waals surface area contributed by atoms with Gasteiger partial charge < -0.3 is 10.6 Å².